The number of aromatic amines is 1. The minimum Gasteiger partial charge on any atom is -0.475 e. The Balaban J connectivity index is 0.000000298. The number of benzene rings is 1. The van der Waals surface area contributed by atoms with Crippen LogP contribution in [0.4, 0.5) is 18.9 Å². The molecular formula is C16H13ClF3N3O3. The Morgan fingerprint density at radius 3 is 2.54 bits per heavy atom. The largest absolute Gasteiger partial charge is 0.490 e. The van der Waals surface area contributed by atoms with E-state index < -0.39 is 12.1 Å². The van der Waals surface area contributed by atoms with Crippen LogP contribution >= 0.6 is 11.6 Å². The first-order valence-electron chi connectivity index (χ1n) is 7.28. The molecule has 0 unspecified atom stereocenters. The van der Waals surface area contributed by atoms with Gasteiger partial charge in [0.1, 0.15) is 0 Å². The van der Waals surface area contributed by atoms with Crippen LogP contribution in [0, 0.1) is 0 Å². The highest BCUT2D eigenvalue weighted by Gasteiger charge is 2.38. The van der Waals surface area contributed by atoms with Crippen molar-refractivity contribution in [2.75, 3.05) is 5.32 Å². The fourth-order valence-electron chi connectivity index (χ4n) is 2.15. The number of nitrogens with zero attached hydrogens (tertiary/aromatic N) is 1. The number of carboxylic acids is 1. The number of amides is 1. The number of hydrogen-bond acceptors (Lipinski definition) is 3. The van der Waals surface area contributed by atoms with Crippen LogP contribution in [0.5, 0.6) is 0 Å². The molecule has 2 aromatic heterocycles. The van der Waals surface area contributed by atoms with Gasteiger partial charge in [0.25, 0.3) is 0 Å². The number of carboxylic acid groups (broad SMARTS) is 1. The highest BCUT2D eigenvalue weighted by atomic mass is 35.5. The summed E-state index contributed by atoms with van der Waals surface area (Å²) in [6, 6.07) is 5.56. The van der Waals surface area contributed by atoms with E-state index in [2.05, 4.69) is 15.3 Å². The smallest absolute Gasteiger partial charge is 0.475 e. The third-order valence-electron chi connectivity index (χ3n) is 3.31. The predicted molar refractivity (Wildman–Crippen MR) is 91.2 cm³/mol. The van der Waals surface area contributed by atoms with Crippen molar-refractivity contribution in [1.82, 2.24) is 9.97 Å². The number of carbonyl (C=O) groups is 2. The maximum atomic E-state index is 11.6. The predicted octanol–water partition coefficient (Wildman–Crippen LogP) is 4.35. The molecule has 0 bridgehead atoms. The maximum Gasteiger partial charge on any atom is 0.490 e. The Hall–Kier alpha value is -2.81. The zero-order valence-electron chi connectivity index (χ0n) is 13.3. The highest BCUT2D eigenvalue weighted by Crippen LogP contribution is 2.33. The second-order valence-corrected chi connectivity index (χ2v) is 5.56. The number of fused-ring (bicyclic) bond motifs is 3. The number of anilines is 1. The average molecular weight is 388 g/mol. The van der Waals surface area contributed by atoms with Gasteiger partial charge in [0.05, 0.1) is 22.9 Å². The van der Waals surface area contributed by atoms with Gasteiger partial charge in [0.2, 0.25) is 5.91 Å². The molecule has 0 atom stereocenters. The molecule has 138 valence electrons. The molecule has 0 aliphatic rings. The lowest BCUT2D eigenvalue weighted by Crippen LogP contribution is -2.21. The van der Waals surface area contributed by atoms with Gasteiger partial charge in [0, 0.05) is 28.4 Å². The molecule has 10 heteroatoms. The van der Waals surface area contributed by atoms with E-state index in [0.717, 1.165) is 21.8 Å². The number of aliphatic carboxylic acids is 1. The standard InChI is InChI=1S/C14H12ClN3O.C2HF3O2/c1-2-13(19)17-11-6-8(15)5-10-9-3-4-16-7-12(9)18-14(10)11;3-2(4,5)1(6)7/h3-7,18H,2H2,1H3,(H,17,19);(H,6,7). The topological polar surface area (TPSA) is 95.1 Å². The van der Waals surface area contributed by atoms with Crippen LogP contribution in [-0.4, -0.2) is 33.1 Å². The highest BCUT2D eigenvalue weighted by molar-refractivity contribution is 6.32. The van der Waals surface area contributed by atoms with Gasteiger partial charge in [-0.3, -0.25) is 9.78 Å². The molecule has 0 aliphatic carbocycles. The molecule has 6 nitrogen and oxygen atoms in total. The summed E-state index contributed by atoms with van der Waals surface area (Å²) < 4.78 is 31.7. The van der Waals surface area contributed by atoms with Crippen LogP contribution in [0.3, 0.4) is 0 Å². The number of pyridine rings is 1. The molecule has 0 saturated carbocycles. The van der Waals surface area contributed by atoms with Crippen molar-refractivity contribution >= 4 is 51.0 Å². The van der Waals surface area contributed by atoms with E-state index in [-0.39, 0.29) is 5.91 Å². The molecule has 1 aromatic carbocycles. The Morgan fingerprint density at radius 2 is 1.96 bits per heavy atom. The molecule has 26 heavy (non-hydrogen) atoms. The number of H-pyrrole nitrogens is 1. The lowest BCUT2D eigenvalue weighted by molar-refractivity contribution is -0.192. The summed E-state index contributed by atoms with van der Waals surface area (Å²) in [5.74, 6) is -2.80. The second-order valence-electron chi connectivity index (χ2n) is 5.13. The van der Waals surface area contributed by atoms with Gasteiger partial charge in [-0.1, -0.05) is 18.5 Å². The van der Waals surface area contributed by atoms with Gasteiger partial charge in [-0.25, -0.2) is 4.79 Å². The van der Waals surface area contributed by atoms with Gasteiger partial charge >= 0.3 is 12.1 Å². The van der Waals surface area contributed by atoms with E-state index in [1.54, 1.807) is 18.5 Å². The normalized spacial score (nSPS) is 11.1. The Morgan fingerprint density at radius 1 is 1.31 bits per heavy atom. The first-order valence-corrected chi connectivity index (χ1v) is 7.66. The van der Waals surface area contributed by atoms with Gasteiger partial charge in [0.15, 0.2) is 0 Å². The summed E-state index contributed by atoms with van der Waals surface area (Å²) in [6.45, 7) is 1.81. The van der Waals surface area contributed by atoms with Gasteiger partial charge in [-0.05, 0) is 18.2 Å². The number of alkyl halides is 3. The van der Waals surface area contributed by atoms with Crippen molar-refractivity contribution in [3.8, 4) is 0 Å². The summed E-state index contributed by atoms with van der Waals surface area (Å²) >= 11 is 6.13. The van der Waals surface area contributed by atoms with E-state index in [1.807, 2.05) is 19.1 Å². The van der Waals surface area contributed by atoms with Crippen molar-refractivity contribution in [2.45, 2.75) is 19.5 Å². The van der Waals surface area contributed by atoms with E-state index in [9.17, 15) is 18.0 Å². The molecule has 3 rings (SSSR count). The first-order chi connectivity index (χ1) is 12.1. The van der Waals surface area contributed by atoms with E-state index in [0.29, 0.717) is 17.1 Å². The molecule has 0 saturated heterocycles. The lowest BCUT2D eigenvalue weighted by Gasteiger charge is -2.06. The number of hydrogen-bond donors (Lipinski definition) is 3. The van der Waals surface area contributed by atoms with E-state index in [4.69, 9.17) is 21.5 Å². The quantitative estimate of drug-likeness (QED) is 0.609. The summed E-state index contributed by atoms with van der Waals surface area (Å²) in [5, 5.41) is 12.6. The molecule has 0 radical (unpaired) electrons. The zero-order valence-corrected chi connectivity index (χ0v) is 14.1. The van der Waals surface area contributed by atoms with Crippen LogP contribution in [0.15, 0.2) is 30.6 Å². The van der Waals surface area contributed by atoms with E-state index in [1.165, 1.54) is 0 Å². The number of rotatable bonds is 2. The third-order valence-corrected chi connectivity index (χ3v) is 3.53. The van der Waals surface area contributed by atoms with Gasteiger partial charge in [-0.2, -0.15) is 13.2 Å². The summed E-state index contributed by atoms with van der Waals surface area (Å²) in [4.78, 5) is 27.8. The fraction of sp³-hybridized carbons (Fsp3) is 0.188. The molecule has 2 heterocycles. The van der Waals surface area contributed by atoms with Gasteiger partial charge < -0.3 is 15.4 Å². The fourth-order valence-corrected chi connectivity index (χ4v) is 2.37. The average Bonchev–Trinajstić information content (AvgIpc) is 2.93. The molecule has 0 fully saturated rings. The molecule has 1 amide bonds. The van der Waals surface area contributed by atoms with Crippen LogP contribution in [0.25, 0.3) is 21.8 Å². The van der Waals surface area contributed by atoms with Crippen molar-refractivity contribution in [2.24, 2.45) is 0 Å². The number of aromatic nitrogens is 2. The Labute approximate surface area is 150 Å². The number of nitrogens with one attached hydrogen (secondary N) is 2. The molecule has 0 spiro atoms. The molecular weight excluding hydrogens is 375 g/mol. The Kier molecular flexibility index (Phi) is 5.71. The molecule has 3 N–H and O–H groups in total. The third kappa shape index (κ3) is 4.42. The second kappa shape index (κ2) is 7.61. The lowest BCUT2D eigenvalue weighted by atomic mass is 10.1. The maximum absolute atomic E-state index is 11.6. The SMILES string of the molecule is CCC(=O)Nc1cc(Cl)cc2c1[nH]c1cnccc12.O=C(O)C(F)(F)F. The molecule has 0 aliphatic heterocycles. The summed E-state index contributed by atoms with van der Waals surface area (Å²) in [7, 11) is 0. The Bertz CT molecular complexity index is 970. The summed E-state index contributed by atoms with van der Waals surface area (Å²) in [5.41, 5.74) is 2.49. The van der Waals surface area contributed by atoms with Crippen LogP contribution in [-0.2, 0) is 9.59 Å². The first kappa shape index (κ1) is 19.5. The van der Waals surface area contributed by atoms with Crippen molar-refractivity contribution in [1.29, 1.82) is 0 Å². The van der Waals surface area contributed by atoms with Crippen LogP contribution in [0.1, 0.15) is 13.3 Å². The number of halogens is 4. The molecule has 3 aromatic rings. The monoisotopic (exact) mass is 387 g/mol. The minimum atomic E-state index is -5.08. The number of carbonyl (C=O) groups excluding carboxylic acids is 1. The summed E-state index contributed by atoms with van der Waals surface area (Å²) in [6.07, 6.45) is -1.16. The van der Waals surface area contributed by atoms with Gasteiger partial charge in [-0.15, -0.1) is 0 Å². The van der Waals surface area contributed by atoms with Crippen LogP contribution in [0.2, 0.25) is 5.02 Å². The minimum absolute atomic E-state index is 0.0413. The van der Waals surface area contributed by atoms with Crippen molar-refractivity contribution in [3.05, 3.63) is 35.6 Å². The van der Waals surface area contributed by atoms with E-state index >= 15 is 0 Å². The van der Waals surface area contributed by atoms with Crippen molar-refractivity contribution in [3.63, 3.8) is 0 Å². The zero-order chi connectivity index (χ0) is 19.5. The van der Waals surface area contributed by atoms with Crippen LogP contribution < -0.4 is 5.32 Å². The van der Waals surface area contributed by atoms with Crippen molar-refractivity contribution < 1.29 is 27.9 Å².